The Labute approximate surface area is 116 Å². The van der Waals surface area contributed by atoms with Crippen molar-refractivity contribution < 1.29 is 4.74 Å². The van der Waals surface area contributed by atoms with E-state index in [0.29, 0.717) is 17.1 Å². The van der Waals surface area contributed by atoms with Crippen molar-refractivity contribution in [3.63, 3.8) is 0 Å². The minimum absolute atomic E-state index is 0.499. The van der Waals surface area contributed by atoms with Gasteiger partial charge in [0.25, 0.3) is 0 Å². The van der Waals surface area contributed by atoms with Gasteiger partial charge in [0.15, 0.2) is 0 Å². The maximum absolute atomic E-state index is 9.02. The fourth-order valence-electron chi connectivity index (χ4n) is 1.34. The first kappa shape index (κ1) is 12.2. The SMILES string of the molecule is N#Cc1cc(Br)ccc1Oc1cccc(Br)c1. The van der Waals surface area contributed by atoms with E-state index in [9.17, 15) is 0 Å². The molecule has 0 amide bonds. The molecule has 2 aromatic rings. The average Bonchev–Trinajstić information content (AvgIpc) is 2.31. The summed E-state index contributed by atoms with van der Waals surface area (Å²) in [5, 5.41) is 9.02. The van der Waals surface area contributed by atoms with Gasteiger partial charge in [-0.3, -0.25) is 0 Å². The first-order valence-corrected chi connectivity index (χ1v) is 6.41. The fourth-order valence-corrected chi connectivity index (χ4v) is 2.08. The number of hydrogen-bond donors (Lipinski definition) is 0. The Morgan fingerprint density at radius 1 is 1.00 bits per heavy atom. The van der Waals surface area contributed by atoms with Crippen LogP contribution in [-0.4, -0.2) is 0 Å². The van der Waals surface area contributed by atoms with Gasteiger partial charge in [-0.1, -0.05) is 37.9 Å². The van der Waals surface area contributed by atoms with Gasteiger partial charge in [-0.05, 0) is 36.4 Å². The summed E-state index contributed by atoms with van der Waals surface area (Å²) in [6.45, 7) is 0. The number of rotatable bonds is 2. The smallest absolute Gasteiger partial charge is 0.145 e. The second-order valence-corrected chi connectivity index (χ2v) is 5.14. The number of ether oxygens (including phenoxy) is 1. The number of nitriles is 1. The van der Waals surface area contributed by atoms with Crippen LogP contribution in [0.25, 0.3) is 0 Å². The van der Waals surface area contributed by atoms with E-state index >= 15 is 0 Å². The molecule has 0 aromatic heterocycles. The molecule has 0 radical (unpaired) electrons. The topological polar surface area (TPSA) is 33.0 Å². The van der Waals surface area contributed by atoms with Gasteiger partial charge >= 0.3 is 0 Å². The van der Waals surface area contributed by atoms with Crippen molar-refractivity contribution in [3.8, 4) is 17.6 Å². The van der Waals surface area contributed by atoms with Crippen molar-refractivity contribution in [2.45, 2.75) is 0 Å². The monoisotopic (exact) mass is 351 g/mol. The lowest BCUT2D eigenvalue weighted by molar-refractivity contribution is 0.480. The molecule has 0 unspecified atom stereocenters. The zero-order chi connectivity index (χ0) is 12.3. The first-order valence-electron chi connectivity index (χ1n) is 4.82. The van der Waals surface area contributed by atoms with Crippen LogP contribution < -0.4 is 4.74 Å². The van der Waals surface area contributed by atoms with Crippen molar-refractivity contribution in [1.82, 2.24) is 0 Å². The quantitative estimate of drug-likeness (QED) is 0.771. The van der Waals surface area contributed by atoms with Gasteiger partial charge in [0, 0.05) is 8.95 Å². The number of halogens is 2. The van der Waals surface area contributed by atoms with E-state index in [1.54, 1.807) is 12.1 Å². The molecule has 0 spiro atoms. The van der Waals surface area contributed by atoms with E-state index in [1.807, 2.05) is 30.3 Å². The van der Waals surface area contributed by atoms with Crippen molar-refractivity contribution in [2.24, 2.45) is 0 Å². The van der Waals surface area contributed by atoms with E-state index in [4.69, 9.17) is 10.00 Å². The Bertz CT molecular complexity index is 590. The largest absolute Gasteiger partial charge is 0.456 e. The molecule has 0 saturated carbocycles. The van der Waals surface area contributed by atoms with Crippen LogP contribution >= 0.6 is 31.9 Å². The Hall–Kier alpha value is -1.31. The highest BCUT2D eigenvalue weighted by Gasteiger charge is 2.05. The fraction of sp³-hybridized carbons (Fsp3) is 0. The van der Waals surface area contributed by atoms with E-state index in [0.717, 1.165) is 8.95 Å². The molecule has 0 heterocycles. The lowest BCUT2D eigenvalue weighted by Crippen LogP contribution is -1.88. The van der Waals surface area contributed by atoms with Crippen molar-refractivity contribution in [2.75, 3.05) is 0 Å². The second-order valence-electron chi connectivity index (χ2n) is 3.31. The van der Waals surface area contributed by atoms with E-state index < -0.39 is 0 Å². The van der Waals surface area contributed by atoms with Crippen LogP contribution in [-0.2, 0) is 0 Å². The Balaban J connectivity index is 2.34. The van der Waals surface area contributed by atoms with Crippen LogP contribution in [0.15, 0.2) is 51.4 Å². The van der Waals surface area contributed by atoms with Crippen molar-refractivity contribution >= 4 is 31.9 Å². The molecule has 0 atom stereocenters. The molecule has 0 fully saturated rings. The standard InChI is InChI=1S/C13H7Br2NO/c14-10-2-1-3-12(7-10)17-13-5-4-11(15)6-9(13)8-16/h1-7H. The summed E-state index contributed by atoms with van der Waals surface area (Å²) in [6, 6.07) is 14.9. The summed E-state index contributed by atoms with van der Waals surface area (Å²) in [7, 11) is 0. The highest BCUT2D eigenvalue weighted by atomic mass is 79.9. The van der Waals surface area contributed by atoms with Gasteiger partial charge in [0.1, 0.15) is 17.6 Å². The first-order chi connectivity index (χ1) is 8.19. The Morgan fingerprint density at radius 2 is 1.76 bits per heavy atom. The number of hydrogen-bond acceptors (Lipinski definition) is 2. The zero-order valence-electron chi connectivity index (χ0n) is 8.65. The summed E-state index contributed by atoms with van der Waals surface area (Å²) in [4.78, 5) is 0. The lowest BCUT2D eigenvalue weighted by atomic mass is 10.2. The molecular formula is C13H7Br2NO. The molecule has 2 aromatic carbocycles. The maximum atomic E-state index is 9.02. The normalized spacial score (nSPS) is 9.71. The molecule has 0 aliphatic carbocycles. The minimum atomic E-state index is 0.499. The van der Waals surface area contributed by atoms with Gasteiger partial charge in [0.05, 0.1) is 5.56 Å². The zero-order valence-corrected chi connectivity index (χ0v) is 11.8. The van der Waals surface area contributed by atoms with Crippen LogP contribution in [0.3, 0.4) is 0 Å². The average molecular weight is 353 g/mol. The predicted octanol–water partition coefficient (Wildman–Crippen LogP) is 4.88. The van der Waals surface area contributed by atoms with Crippen molar-refractivity contribution in [3.05, 3.63) is 57.0 Å². The highest BCUT2D eigenvalue weighted by molar-refractivity contribution is 9.10. The third kappa shape index (κ3) is 3.09. The number of benzene rings is 2. The highest BCUT2D eigenvalue weighted by Crippen LogP contribution is 2.28. The number of nitrogens with zero attached hydrogens (tertiary/aromatic N) is 1. The molecule has 4 heteroatoms. The molecule has 2 nitrogen and oxygen atoms in total. The van der Waals surface area contributed by atoms with Gasteiger partial charge in [0.2, 0.25) is 0 Å². The summed E-state index contributed by atoms with van der Waals surface area (Å²) in [5.41, 5.74) is 0.499. The van der Waals surface area contributed by atoms with Crippen molar-refractivity contribution in [1.29, 1.82) is 5.26 Å². The molecule has 2 rings (SSSR count). The van der Waals surface area contributed by atoms with Crippen LogP contribution in [0.4, 0.5) is 0 Å². The lowest BCUT2D eigenvalue weighted by Gasteiger charge is -2.07. The maximum Gasteiger partial charge on any atom is 0.145 e. The van der Waals surface area contributed by atoms with Crippen LogP contribution in [0, 0.1) is 11.3 Å². The van der Waals surface area contributed by atoms with Gasteiger partial charge in [-0.15, -0.1) is 0 Å². The summed E-state index contributed by atoms with van der Waals surface area (Å²) in [6.07, 6.45) is 0. The molecule has 84 valence electrons. The molecule has 0 N–H and O–H groups in total. The Morgan fingerprint density at radius 3 is 2.47 bits per heavy atom. The molecule has 0 bridgehead atoms. The summed E-state index contributed by atoms with van der Waals surface area (Å²) >= 11 is 6.69. The van der Waals surface area contributed by atoms with E-state index in [2.05, 4.69) is 37.9 Å². The third-order valence-corrected chi connectivity index (χ3v) is 3.07. The van der Waals surface area contributed by atoms with E-state index in [-0.39, 0.29) is 0 Å². The molecule has 0 aliphatic heterocycles. The van der Waals surface area contributed by atoms with Crippen LogP contribution in [0.1, 0.15) is 5.56 Å². The van der Waals surface area contributed by atoms with Gasteiger partial charge in [-0.25, -0.2) is 0 Å². The van der Waals surface area contributed by atoms with Crippen LogP contribution in [0.2, 0.25) is 0 Å². The third-order valence-electron chi connectivity index (χ3n) is 2.09. The molecular weight excluding hydrogens is 346 g/mol. The Kier molecular flexibility index (Phi) is 3.82. The summed E-state index contributed by atoms with van der Waals surface area (Å²) in [5.74, 6) is 1.24. The molecule has 0 saturated heterocycles. The molecule has 0 aliphatic rings. The van der Waals surface area contributed by atoms with Gasteiger partial charge in [-0.2, -0.15) is 5.26 Å². The predicted molar refractivity (Wildman–Crippen MR) is 73.1 cm³/mol. The second kappa shape index (κ2) is 5.35. The molecule has 17 heavy (non-hydrogen) atoms. The minimum Gasteiger partial charge on any atom is -0.456 e. The van der Waals surface area contributed by atoms with Gasteiger partial charge < -0.3 is 4.74 Å². The van der Waals surface area contributed by atoms with Crippen LogP contribution in [0.5, 0.6) is 11.5 Å². The van der Waals surface area contributed by atoms with E-state index in [1.165, 1.54) is 0 Å². The summed E-state index contributed by atoms with van der Waals surface area (Å²) < 4.78 is 7.46.